The number of hydrazone groups is 1. The molecule has 52 heavy (non-hydrogen) atoms. The van der Waals surface area contributed by atoms with Gasteiger partial charge in [0.1, 0.15) is 11.6 Å². The number of alkyl halides is 3. The fourth-order valence-corrected chi connectivity index (χ4v) is 6.38. The van der Waals surface area contributed by atoms with Crippen LogP contribution in [0, 0.1) is 0 Å². The molecule has 278 valence electrons. The lowest BCUT2D eigenvalue weighted by atomic mass is 10.1. The van der Waals surface area contributed by atoms with Gasteiger partial charge in [0.15, 0.2) is 0 Å². The van der Waals surface area contributed by atoms with Crippen molar-refractivity contribution in [2.75, 3.05) is 29.1 Å². The predicted octanol–water partition coefficient (Wildman–Crippen LogP) is 7.58. The van der Waals surface area contributed by atoms with Crippen molar-refractivity contribution in [3.8, 4) is 0 Å². The van der Waals surface area contributed by atoms with Crippen LogP contribution in [-0.4, -0.2) is 65.7 Å². The van der Waals surface area contributed by atoms with Crippen molar-refractivity contribution in [1.82, 2.24) is 10.7 Å². The van der Waals surface area contributed by atoms with Crippen molar-refractivity contribution in [3.63, 3.8) is 0 Å². The maximum absolute atomic E-state index is 13.4. The summed E-state index contributed by atoms with van der Waals surface area (Å²) in [6.07, 6.45) is -1.40. The number of hydrogen-bond donors (Lipinski definition) is 4. The van der Waals surface area contributed by atoms with E-state index in [1.807, 2.05) is 0 Å². The molecule has 16 heteroatoms. The first kappa shape index (κ1) is 40.0. The minimum absolute atomic E-state index is 0.0385. The molecule has 11 nitrogen and oxygen atoms in total. The summed E-state index contributed by atoms with van der Waals surface area (Å²) in [5, 5.41) is 18.1. The maximum Gasteiger partial charge on any atom is 0.417 e. The summed E-state index contributed by atoms with van der Waals surface area (Å²) in [6.45, 7) is 6.58. The average molecular weight is 762 g/mol. The highest BCUT2D eigenvalue weighted by molar-refractivity contribution is 7.98. The Bertz CT molecular complexity index is 1810. The van der Waals surface area contributed by atoms with E-state index in [9.17, 15) is 37.5 Å². The van der Waals surface area contributed by atoms with Crippen LogP contribution in [0.15, 0.2) is 65.8 Å². The van der Waals surface area contributed by atoms with Gasteiger partial charge in [-0.2, -0.15) is 30.0 Å². The highest BCUT2D eigenvalue weighted by Crippen LogP contribution is 2.35. The van der Waals surface area contributed by atoms with Crippen molar-refractivity contribution < 1.29 is 42.2 Å². The quantitative estimate of drug-likeness (QED) is 0.109. The first-order valence-electron chi connectivity index (χ1n) is 16.3. The summed E-state index contributed by atoms with van der Waals surface area (Å²) in [5.74, 6) is -2.07. The zero-order chi connectivity index (χ0) is 38.1. The number of anilines is 2. The van der Waals surface area contributed by atoms with Gasteiger partial charge in [0, 0.05) is 35.8 Å². The Balaban J connectivity index is 1.47. The number of halogens is 4. The third kappa shape index (κ3) is 11.9. The van der Waals surface area contributed by atoms with Crippen molar-refractivity contribution in [1.29, 1.82) is 0 Å². The van der Waals surface area contributed by atoms with E-state index < -0.39 is 52.3 Å². The van der Waals surface area contributed by atoms with Gasteiger partial charge in [0.25, 0.3) is 11.8 Å². The van der Waals surface area contributed by atoms with E-state index >= 15 is 0 Å². The SMILES string of the molecule is CC(C)(C)OC(=O)NC(CSCc1cccc(C(=O)Nc2ccc(N3CCCCC3)cc2C(=O)NN=Cc2ccc(Cl)c(C(F)(F)F)c2)c1)C(=O)O. The van der Waals surface area contributed by atoms with Gasteiger partial charge in [0.2, 0.25) is 0 Å². The van der Waals surface area contributed by atoms with Crippen LogP contribution in [-0.2, 0) is 21.5 Å². The Morgan fingerprint density at radius 3 is 2.40 bits per heavy atom. The Morgan fingerprint density at radius 1 is 1.00 bits per heavy atom. The molecule has 1 fully saturated rings. The molecule has 1 aliphatic rings. The van der Waals surface area contributed by atoms with Gasteiger partial charge in [0.05, 0.1) is 28.1 Å². The minimum Gasteiger partial charge on any atom is -0.480 e. The fourth-order valence-electron chi connectivity index (χ4n) is 5.16. The van der Waals surface area contributed by atoms with Crippen LogP contribution in [0.5, 0.6) is 0 Å². The van der Waals surface area contributed by atoms with Crippen molar-refractivity contribution in [2.24, 2.45) is 5.10 Å². The lowest BCUT2D eigenvalue weighted by Crippen LogP contribution is -2.44. The first-order chi connectivity index (χ1) is 24.5. The predicted molar refractivity (Wildman–Crippen MR) is 195 cm³/mol. The molecule has 4 rings (SSSR count). The number of nitrogens with zero attached hydrogens (tertiary/aromatic N) is 2. The zero-order valence-electron chi connectivity index (χ0n) is 28.7. The molecule has 0 spiro atoms. The number of thioether (sulfide) groups is 1. The number of carbonyl (C=O) groups is 4. The van der Waals surface area contributed by atoms with Gasteiger partial charge in [-0.15, -0.1) is 0 Å². The van der Waals surface area contributed by atoms with Gasteiger partial charge in [-0.25, -0.2) is 15.0 Å². The monoisotopic (exact) mass is 761 g/mol. The highest BCUT2D eigenvalue weighted by atomic mass is 35.5. The normalized spacial score (nSPS) is 14.1. The highest BCUT2D eigenvalue weighted by Gasteiger charge is 2.33. The lowest BCUT2D eigenvalue weighted by molar-refractivity contribution is -0.139. The second kappa shape index (κ2) is 17.6. The summed E-state index contributed by atoms with van der Waals surface area (Å²) < 4.78 is 45.1. The van der Waals surface area contributed by atoms with Crippen LogP contribution in [0.1, 0.15) is 77.4 Å². The molecule has 3 amide bonds. The fraction of sp³-hybridized carbons (Fsp3) is 0.361. The standard InChI is InChI=1S/C36H39ClF3N5O6S/c1-35(2,3)51-34(50)43-30(33(48)49)21-52-20-23-8-7-9-24(16-23)31(46)42-29-13-11-25(45-14-5-4-6-15-45)18-26(29)32(47)44-41-19-22-10-12-28(37)27(17-22)36(38,39)40/h7-13,16-19,30H,4-6,14-15,20-21H2,1-3H3,(H,42,46)(H,43,50)(H,44,47)(H,48,49). The van der Waals surface area contributed by atoms with Crippen LogP contribution < -0.4 is 21.0 Å². The molecule has 1 saturated heterocycles. The summed E-state index contributed by atoms with van der Waals surface area (Å²) in [7, 11) is 0. The number of nitrogens with one attached hydrogen (secondary N) is 3. The van der Waals surface area contributed by atoms with Crippen LogP contribution in [0.4, 0.5) is 29.3 Å². The number of carbonyl (C=O) groups excluding carboxylic acids is 3. The molecule has 1 atom stereocenters. The van der Waals surface area contributed by atoms with Gasteiger partial charge >= 0.3 is 18.2 Å². The molecule has 1 unspecified atom stereocenters. The van der Waals surface area contributed by atoms with E-state index in [1.165, 1.54) is 17.8 Å². The zero-order valence-corrected chi connectivity index (χ0v) is 30.3. The summed E-state index contributed by atoms with van der Waals surface area (Å²) in [4.78, 5) is 52.8. The van der Waals surface area contributed by atoms with Crippen molar-refractivity contribution >= 4 is 64.8 Å². The topological polar surface area (TPSA) is 149 Å². The smallest absolute Gasteiger partial charge is 0.417 e. The average Bonchev–Trinajstić information content (AvgIpc) is 3.07. The minimum atomic E-state index is -4.67. The van der Waals surface area contributed by atoms with Crippen LogP contribution in [0.2, 0.25) is 5.02 Å². The number of aliphatic carboxylic acids is 1. The second-order valence-corrected chi connectivity index (χ2v) is 14.4. The third-order valence-electron chi connectivity index (χ3n) is 7.62. The van der Waals surface area contributed by atoms with Gasteiger partial charge in [-0.05, 0) is 93.6 Å². The third-order valence-corrected chi connectivity index (χ3v) is 9.06. The number of carboxylic acids is 1. The molecule has 0 bridgehead atoms. The largest absolute Gasteiger partial charge is 0.480 e. The number of rotatable bonds is 12. The van der Waals surface area contributed by atoms with E-state index in [4.69, 9.17) is 16.3 Å². The molecular weight excluding hydrogens is 723 g/mol. The number of ether oxygens (including phenoxy) is 1. The molecule has 0 radical (unpaired) electrons. The second-order valence-electron chi connectivity index (χ2n) is 12.9. The lowest BCUT2D eigenvalue weighted by Gasteiger charge is -2.29. The Hall–Kier alpha value is -4.76. The Labute approximate surface area is 308 Å². The van der Waals surface area contributed by atoms with Crippen molar-refractivity contribution in [3.05, 3.63) is 93.5 Å². The number of amides is 3. The van der Waals surface area contributed by atoms with Gasteiger partial charge in [-0.3, -0.25) is 9.59 Å². The maximum atomic E-state index is 13.4. The van der Waals surface area contributed by atoms with E-state index in [0.717, 1.165) is 56.4 Å². The Kier molecular flexibility index (Phi) is 13.6. The Morgan fingerprint density at radius 2 is 1.73 bits per heavy atom. The van der Waals surface area contributed by atoms with Crippen LogP contribution in [0.3, 0.4) is 0 Å². The van der Waals surface area contributed by atoms with Crippen LogP contribution in [0.25, 0.3) is 0 Å². The molecule has 0 aliphatic carbocycles. The van der Waals surface area contributed by atoms with Crippen LogP contribution >= 0.6 is 23.4 Å². The molecular formula is C36H39ClF3N5O6S. The van der Waals surface area contributed by atoms with Gasteiger partial charge in [-0.1, -0.05) is 29.8 Å². The molecule has 0 aromatic heterocycles. The molecule has 3 aromatic rings. The number of carboxylic acid groups (broad SMARTS) is 1. The van der Waals surface area contributed by atoms with Crippen molar-refractivity contribution in [2.45, 2.75) is 63.6 Å². The number of benzene rings is 3. The van der Waals surface area contributed by atoms with E-state index in [1.54, 1.807) is 63.2 Å². The number of alkyl carbamates (subject to hydrolysis) is 1. The summed E-state index contributed by atoms with van der Waals surface area (Å²) >= 11 is 6.94. The van der Waals surface area contributed by atoms with E-state index in [0.29, 0.717) is 11.3 Å². The molecule has 4 N–H and O–H groups in total. The number of hydrogen-bond acceptors (Lipinski definition) is 8. The summed E-state index contributed by atoms with van der Waals surface area (Å²) in [6, 6.07) is 13.7. The molecule has 3 aromatic carbocycles. The molecule has 1 aliphatic heterocycles. The molecule has 0 saturated carbocycles. The summed E-state index contributed by atoms with van der Waals surface area (Å²) in [5.41, 5.74) is 2.59. The molecule has 1 heterocycles. The number of piperidine rings is 1. The van der Waals surface area contributed by atoms with E-state index in [-0.39, 0.29) is 28.1 Å². The van der Waals surface area contributed by atoms with Gasteiger partial charge < -0.3 is 25.4 Å². The first-order valence-corrected chi connectivity index (χ1v) is 17.8. The van der Waals surface area contributed by atoms with E-state index in [2.05, 4.69) is 26.1 Å².